The van der Waals surface area contributed by atoms with Gasteiger partial charge in [0.15, 0.2) is 5.75 Å². The third-order valence-corrected chi connectivity index (χ3v) is 1.68. The summed E-state index contributed by atoms with van der Waals surface area (Å²) in [6.45, 7) is -0.0581. The van der Waals surface area contributed by atoms with E-state index in [2.05, 4.69) is 4.65 Å². The van der Waals surface area contributed by atoms with Gasteiger partial charge in [0, 0.05) is 0 Å². The topological polar surface area (TPSA) is 68.2 Å². The molecular weight excluding hydrogens is 194 g/mol. The summed E-state index contributed by atoms with van der Waals surface area (Å²) < 4.78 is 27.5. The van der Waals surface area contributed by atoms with Crippen LogP contribution in [0.2, 0.25) is 0 Å². The van der Waals surface area contributed by atoms with Crippen molar-refractivity contribution in [3.8, 4) is 17.2 Å². The van der Waals surface area contributed by atoms with Crippen molar-refractivity contribution in [1.29, 1.82) is 0 Å². The van der Waals surface area contributed by atoms with Gasteiger partial charge in [-0.3, -0.25) is 0 Å². The molecule has 0 bridgehead atoms. The van der Waals surface area contributed by atoms with E-state index in [0.717, 1.165) is 0 Å². The second-order valence-corrected chi connectivity index (χ2v) is 2.56. The minimum atomic E-state index is -2.06. The fourth-order valence-corrected chi connectivity index (χ4v) is 1.12. The van der Waals surface area contributed by atoms with Crippen molar-refractivity contribution in [2.75, 3.05) is 6.79 Å². The van der Waals surface area contributed by atoms with E-state index in [4.69, 9.17) is 19.5 Å². The van der Waals surface area contributed by atoms with Crippen LogP contribution in [0, 0.1) is 5.82 Å². The highest BCUT2D eigenvalue weighted by Crippen LogP contribution is 2.39. The Morgan fingerprint density at radius 2 is 2.14 bits per heavy atom. The molecule has 1 aromatic rings. The van der Waals surface area contributed by atoms with Crippen LogP contribution < -0.4 is 14.1 Å². The molecule has 0 spiro atoms. The summed E-state index contributed by atoms with van der Waals surface area (Å²) in [7, 11) is -2.06. The minimum Gasteiger partial charge on any atom is -0.509 e. The highest BCUT2D eigenvalue weighted by Gasteiger charge is 2.24. The monoisotopic (exact) mass is 200 g/mol. The molecule has 0 unspecified atom stereocenters. The molecule has 1 aromatic carbocycles. The lowest BCUT2D eigenvalue weighted by Gasteiger charge is -2.06. The van der Waals surface area contributed by atoms with Gasteiger partial charge in [0.05, 0.1) is 0 Å². The molecule has 74 valence electrons. The maximum atomic E-state index is 13.4. The molecule has 1 aliphatic rings. The lowest BCUT2D eigenvalue weighted by Crippen LogP contribution is -2.21. The Bertz CT molecular complexity index is 356. The number of benzene rings is 1. The van der Waals surface area contributed by atoms with Gasteiger partial charge in [0.25, 0.3) is 0 Å². The summed E-state index contributed by atoms with van der Waals surface area (Å²) in [5, 5.41) is 16.9. The average molecular weight is 200 g/mol. The van der Waals surface area contributed by atoms with Crippen molar-refractivity contribution in [2.45, 2.75) is 0 Å². The number of hydrogen-bond donors (Lipinski definition) is 2. The predicted octanol–water partition coefficient (Wildman–Crippen LogP) is -0.0973. The van der Waals surface area contributed by atoms with Gasteiger partial charge in [-0.1, -0.05) is 0 Å². The summed E-state index contributed by atoms with van der Waals surface area (Å²) in [4.78, 5) is 0. The number of fused-ring (bicyclic) bond motifs is 1. The third-order valence-electron chi connectivity index (χ3n) is 1.68. The maximum Gasteiger partial charge on any atom is 0.707 e. The highest BCUT2D eigenvalue weighted by atomic mass is 19.1. The summed E-state index contributed by atoms with van der Waals surface area (Å²) in [5.41, 5.74) is 0. The first-order valence-electron chi connectivity index (χ1n) is 3.79. The minimum absolute atomic E-state index is 0.0581. The van der Waals surface area contributed by atoms with Crippen LogP contribution in [0.4, 0.5) is 4.39 Å². The zero-order chi connectivity index (χ0) is 10.1. The molecule has 0 amide bonds. The molecule has 0 aromatic heterocycles. The second kappa shape index (κ2) is 3.35. The highest BCUT2D eigenvalue weighted by molar-refractivity contribution is 6.33. The third kappa shape index (κ3) is 1.47. The number of halogens is 1. The van der Waals surface area contributed by atoms with Gasteiger partial charge in [0.2, 0.25) is 18.4 Å². The van der Waals surface area contributed by atoms with Crippen LogP contribution in [-0.4, -0.2) is 24.2 Å². The van der Waals surface area contributed by atoms with E-state index in [0.29, 0.717) is 0 Å². The molecule has 5 nitrogen and oxygen atoms in total. The van der Waals surface area contributed by atoms with E-state index in [9.17, 15) is 4.39 Å². The predicted molar refractivity (Wildman–Crippen MR) is 43.3 cm³/mol. The second-order valence-electron chi connectivity index (χ2n) is 2.56. The van der Waals surface area contributed by atoms with Crippen molar-refractivity contribution < 1.29 is 28.6 Å². The van der Waals surface area contributed by atoms with Gasteiger partial charge in [0.1, 0.15) is 5.75 Å². The Balaban J connectivity index is 2.35. The SMILES string of the molecule is OB(O)Oc1ccc2c(c1F)OCO2. The summed E-state index contributed by atoms with van der Waals surface area (Å²) in [5.74, 6) is -0.928. The molecule has 0 fully saturated rings. The maximum absolute atomic E-state index is 13.4. The fraction of sp³-hybridized carbons (Fsp3) is 0.143. The molecule has 1 aliphatic heterocycles. The van der Waals surface area contributed by atoms with Crippen LogP contribution in [0.1, 0.15) is 0 Å². The Labute approximate surface area is 78.8 Å². The van der Waals surface area contributed by atoms with Crippen LogP contribution in [0.15, 0.2) is 12.1 Å². The van der Waals surface area contributed by atoms with E-state index in [-0.39, 0.29) is 24.0 Å². The Kier molecular flexibility index (Phi) is 2.18. The molecule has 0 aliphatic carbocycles. The summed E-state index contributed by atoms with van der Waals surface area (Å²) >= 11 is 0. The number of ether oxygens (including phenoxy) is 2. The van der Waals surface area contributed by atoms with Crippen LogP contribution in [0.5, 0.6) is 17.2 Å². The van der Waals surface area contributed by atoms with Crippen molar-refractivity contribution in [3.05, 3.63) is 17.9 Å². The van der Waals surface area contributed by atoms with E-state index in [1.807, 2.05) is 0 Å². The summed E-state index contributed by atoms with van der Waals surface area (Å²) in [6, 6.07) is 2.64. The largest absolute Gasteiger partial charge is 0.707 e. The first-order chi connectivity index (χ1) is 6.68. The van der Waals surface area contributed by atoms with Crippen LogP contribution >= 0.6 is 0 Å². The van der Waals surface area contributed by atoms with Crippen molar-refractivity contribution in [1.82, 2.24) is 0 Å². The zero-order valence-electron chi connectivity index (χ0n) is 6.94. The van der Waals surface area contributed by atoms with Gasteiger partial charge in [-0.25, -0.2) is 0 Å². The standard InChI is InChI=1S/C7H6BFO5/c9-6-4(14-8(10)11)1-2-5-7(6)13-3-12-5/h1-2,10-11H,3H2. The van der Waals surface area contributed by atoms with E-state index in [1.165, 1.54) is 12.1 Å². The lowest BCUT2D eigenvalue weighted by molar-refractivity contribution is 0.170. The van der Waals surface area contributed by atoms with Gasteiger partial charge in [-0.05, 0) is 12.1 Å². The zero-order valence-corrected chi connectivity index (χ0v) is 6.94. The molecular formula is C7H6BFO5. The molecule has 0 radical (unpaired) electrons. The number of rotatable bonds is 2. The normalized spacial score (nSPS) is 12.8. The fourth-order valence-electron chi connectivity index (χ4n) is 1.12. The van der Waals surface area contributed by atoms with Crippen LogP contribution in [-0.2, 0) is 0 Å². The molecule has 7 heteroatoms. The van der Waals surface area contributed by atoms with E-state index < -0.39 is 13.1 Å². The quantitative estimate of drug-likeness (QED) is 0.652. The Morgan fingerprint density at radius 3 is 2.86 bits per heavy atom. The van der Waals surface area contributed by atoms with Crippen LogP contribution in [0.3, 0.4) is 0 Å². The molecule has 1 heterocycles. The average Bonchev–Trinajstić information content (AvgIpc) is 2.57. The molecule has 0 atom stereocenters. The smallest absolute Gasteiger partial charge is 0.509 e. The van der Waals surface area contributed by atoms with Crippen LogP contribution in [0.25, 0.3) is 0 Å². The van der Waals surface area contributed by atoms with Gasteiger partial charge in [-0.15, -0.1) is 0 Å². The molecule has 0 saturated carbocycles. The molecule has 14 heavy (non-hydrogen) atoms. The van der Waals surface area contributed by atoms with Crippen molar-refractivity contribution in [2.24, 2.45) is 0 Å². The van der Waals surface area contributed by atoms with E-state index >= 15 is 0 Å². The molecule has 2 N–H and O–H groups in total. The van der Waals surface area contributed by atoms with Gasteiger partial charge >= 0.3 is 7.32 Å². The van der Waals surface area contributed by atoms with E-state index in [1.54, 1.807) is 0 Å². The van der Waals surface area contributed by atoms with Gasteiger partial charge < -0.3 is 24.2 Å². The Morgan fingerprint density at radius 1 is 1.36 bits per heavy atom. The lowest BCUT2D eigenvalue weighted by atomic mass is 10.2. The Hall–Kier alpha value is -1.47. The molecule has 0 saturated heterocycles. The summed E-state index contributed by atoms with van der Waals surface area (Å²) in [6.07, 6.45) is 0. The van der Waals surface area contributed by atoms with Crippen molar-refractivity contribution in [3.63, 3.8) is 0 Å². The molecule has 2 rings (SSSR count). The van der Waals surface area contributed by atoms with Gasteiger partial charge in [-0.2, -0.15) is 4.39 Å². The number of hydrogen-bond acceptors (Lipinski definition) is 5. The first-order valence-corrected chi connectivity index (χ1v) is 3.79. The van der Waals surface area contributed by atoms with Crippen molar-refractivity contribution >= 4 is 7.32 Å². The first kappa shape index (κ1) is 9.10.